The lowest BCUT2D eigenvalue weighted by atomic mass is 10.0. The highest BCUT2D eigenvalue weighted by molar-refractivity contribution is 6.27. The number of rotatable bonds is 6. The van der Waals surface area contributed by atoms with Crippen LogP contribution in [0.25, 0.3) is 12.2 Å². The van der Waals surface area contributed by atoms with Crippen LogP contribution in [0.1, 0.15) is 11.1 Å². The summed E-state index contributed by atoms with van der Waals surface area (Å²) in [6, 6.07) is 12.7. The van der Waals surface area contributed by atoms with Crippen molar-refractivity contribution in [1.29, 1.82) is 0 Å². The van der Waals surface area contributed by atoms with Gasteiger partial charge in [0.05, 0.1) is 39.6 Å². The number of methoxy groups -OCH3 is 3. The SMILES string of the molecule is COc1cc(C=C2C(=O)N(OC)C(=O)C2=Cc2ccccc2)cc(OC)c1OC. The molecule has 1 aliphatic heterocycles. The third-order valence-electron chi connectivity index (χ3n) is 4.41. The Bertz CT molecular complexity index is 969. The second kappa shape index (κ2) is 8.62. The largest absolute Gasteiger partial charge is 0.493 e. The second-order valence-electron chi connectivity index (χ2n) is 6.07. The molecule has 0 N–H and O–H groups in total. The first-order valence-electron chi connectivity index (χ1n) is 8.75. The molecule has 0 aliphatic carbocycles. The van der Waals surface area contributed by atoms with Gasteiger partial charge in [-0.1, -0.05) is 30.3 Å². The van der Waals surface area contributed by atoms with Crippen molar-refractivity contribution in [2.75, 3.05) is 28.4 Å². The third kappa shape index (κ3) is 3.86. The minimum atomic E-state index is -0.548. The Labute approximate surface area is 168 Å². The van der Waals surface area contributed by atoms with Gasteiger partial charge in [-0.3, -0.25) is 14.4 Å². The lowest BCUT2D eigenvalue weighted by Crippen LogP contribution is -2.28. The molecule has 0 aromatic heterocycles. The first kappa shape index (κ1) is 20.2. The summed E-state index contributed by atoms with van der Waals surface area (Å²) >= 11 is 0. The number of imide groups is 1. The van der Waals surface area contributed by atoms with E-state index in [4.69, 9.17) is 19.0 Å². The molecule has 1 saturated heterocycles. The number of hydrogen-bond acceptors (Lipinski definition) is 6. The van der Waals surface area contributed by atoms with Crippen molar-refractivity contribution in [3.8, 4) is 17.2 Å². The third-order valence-corrected chi connectivity index (χ3v) is 4.41. The Kier molecular flexibility index (Phi) is 5.99. The van der Waals surface area contributed by atoms with Gasteiger partial charge in [0, 0.05) is 0 Å². The van der Waals surface area contributed by atoms with Crippen molar-refractivity contribution in [3.05, 3.63) is 64.7 Å². The van der Waals surface area contributed by atoms with Crippen LogP contribution in [-0.4, -0.2) is 45.3 Å². The molecule has 0 spiro atoms. The summed E-state index contributed by atoms with van der Waals surface area (Å²) in [6.45, 7) is 0. The summed E-state index contributed by atoms with van der Waals surface area (Å²) in [5.74, 6) is 0.235. The minimum Gasteiger partial charge on any atom is -0.493 e. The fraction of sp³-hybridized carbons (Fsp3) is 0.182. The molecule has 2 amide bonds. The number of hydrogen-bond donors (Lipinski definition) is 0. The number of carbonyl (C=O) groups is 2. The van der Waals surface area contributed by atoms with Gasteiger partial charge in [-0.2, -0.15) is 0 Å². The van der Waals surface area contributed by atoms with E-state index in [0.717, 1.165) is 10.6 Å². The Morgan fingerprint density at radius 2 is 1.24 bits per heavy atom. The van der Waals surface area contributed by atoms with Crippen LogP contribution in [0, 0.1) is 0 Å². The quantitative estimate of drug-likeness (QED) is 0.553. The van der Waals surface area contributed by atoms with E-state index in [1.54, 1.807) is 24.3 Å². The maximum Gasteiger partial charge on any atom is 0.285 e. The number of nitrogens with zero attached hydrogens (tertiary/aromatic N) is 1. The Hall–Kier alpha value is -3.58. The van der Waals surface area contributed by atoms with Gasteiger partial charge in [0.15, 0.2) is 11.5 Å². The molecule has 3 rings (SSSR count). The van der Waals surface area contributed by atoms with Crippen molar-refractivity contribution in [3.63, 3.8) is 0 Å². The standard InChI is InChI=1S/C22H21NO6/c1-26-18-12-15(13-19(27-2)20(18)28-3)11-17-16(10-14-8-6-5-7-9-14)21(24)23(29-4)22(17)25/h5-13H,1-4H3. The maximum absolute atomic E-state index is 12.8. The monoisotopic (exact) mass is 395 g/mol. The van der Waals surface area contributed by atoms with Gasteiger partial charge >= 0.3 is 0 Å². The summed E-state index contributed by atoms with van der Waals surface area (Å²) in [5.41, 5.74) is 1.83. The van der Waals surface area contributed by atoms with Gasteiger partial charge in [0.1, 0.15) is 0 Å². The summed E-state index contributed by atoms with van der Waals surface area (Å²) in [4.78, 5) is 30.4. The van der Waals surface area contributed by atoms with E-state index in [1.165, 1.54) is 28.4 Å². The van der Waals surface area contributed by atoms with E-state index in [2.05, 4.69) is 0 Å². The molecular weight excluding hydrogens is 374 g/mol. The van der Waals surface area contributed by atoms with Crippen LogP contribution in [0.5, 0.6) is 17.2 Å². The van der Waals surface area contributed by atoms with Gasteiger partial charge in [-0.05, 0) is 35.4 Å². The van der Waals surface area contributed by atoms with Crippen LogP contribution < -0.4 is 14.2 Å². The van der Waals surface area contributed by atoms with E-state index in [9.17, 15) is 9.59 Å². The van der Waals surface area contributed by atoms with Crippen molar-refractivity contribution in [1.82, 2.24) is 5.06 Å². The van der Waals surface area contributed by atoms with Gasteiger partial charge in [0.25, 0.3) is 11.8 Å². The van der Waals surface area contributed by atoms with Crippen LogP contribution in [0.15, 0.2) is 53.6 Å². The molecular formula is C22H21NO6. The molecule has 0 atom stereocenters. The number of amides is 2. The topological polar surface area (TPSA) is 74.3 Å². The van der Waals surface area contributed by atoms with Crippen molar-refractivity contribution in [2.24, 2.45) is 0 Å². The molecule has 1 aliphatic rings. The second-order valence-corrected chi connectivity index (χ2v) is 6.07. The number of carbonyl (C=O) groups excluding carboxylic acids is 2. The van der Waals surface area contributed by atoms with E-state index in [1.807, 2.05) is 30.3 Å². The predicted octanol–water partition coefficient (Wildman–Crippen LogP) is 3.11. The van der Waals surface area contributed by atoms with Gasteiger partial charge in [-0.25, -0.2) is 0 Å². The van der Waals surface area contributed by atoms with Gasteiger partial charge in [0.2, 0.25) is 5.75 Å². The first-order valence-corrected chi connectivity index (χ1v) is 8.75. The molecule has 0 bridgehead atoms. The summed E-state index contributed by atoms with van der Waals surface area (Å²) < 4.78 is 16.0. The highest BCUT2D eigenvalue weighted by atomic mass is 16.7. The maximum atomic E-state index is 12.8. The first-order chi connectivity index (χ1) is 14.0. The van der Waals surface area contributed by atoms with E-state index in [0.29, 0.717) is 22.8 Å². The Morgan fingerprint density at radius 1 is 0.724 bits per heavy atom. The highest BCUT2D eigenvalue weighted by Crippen LogP contribution is 2.39. The number of ether oxygens (including phenoxy) is 3. The zero-order valence-corrected chi connectivity index (χ0v) is 16.6. The smallest absolute Gasteiger partial charge is 0.285 e. The molecule has 1 heterocycles. The molecule has 150 valence electrons. The fourth-order valence-electron chi connectivity index (χ4n) is 3.05. The lowest BCUT2D eigenvalue weighted by molar-refractivity contribution is -0.177. The van der Waals surface area contributed by atoms with Crippen molar-refractivity contribution >= 4 is 24.0 Å². The lowest BCUT2D eigenvalue weighted by Gasteiger charge is -2.13. The Balaban J connectivity index is 2.15. The number of hydroxylamine groups is 2. The van der Waals surface area contributed by atoms with E-state index < -0.39 is 11.8 Å². The summed E-state index contributed by atoms with van der Waals surface area (Å²) in [6.07, 6.45) is 3.25. The molecule has 0 saturated carbocycles. The van der Waals surface area contributed by atoms with Crippen LogP contribution in [-0.2, 0) is 14.4 Å². The molecule has 29 heavy (non-hydrogen) atoms. The fourth-order valence-corrected chi connectivity index (χ4v) is 3.05. The van der Waals surface area contributed by atoms with Crippen LogP contribution in [0.3, 0.4) is 0 Å². The molecule has 2 aromatic rings. The average molecular weight is 395 g/mol. The van der Waals surface area contributed by atoms with E-state index in [-0.39, 0.29) is 11.1 Å². The molecule has 1 fully saturated rings. The molecule has 0 unspecified atom stereocenters. The van der Waals surface area contributed by atoms with Crippen LogP contribution in [0.4, 0.5) is 0 Å². The predicted molar refractivity (Wildman–Crippen MR) is 107 cm³/mol. The highest BCUT2D eigenvalue weighted by Gasteiger charge is 2.39. The van der Waals surface area contributed by atoms with E-state index >= 15 is 0 Å². The zero-order valence-electron chi connectivity index (χ0n) is 16.6. The number of benzene rings is 2. The normalized spacial score (nSPS) is 16.6. The molecule has 7 heteroatoms. The Morgan fingerprint density at radius 3 is 1.69 bits per heavy atom. The molecule has 2 aromatic carbocycles. The summed E-state index contributed by atoms with van der Waals surface area (Å²) in [7, 11) is 5.80. The van der Waals surface area contributed by atoms with Crippen molar-refractivity contribution < 1.29 is 28.6 Å². The van der Waals surface area contributed by atoms with Gasteiger partial charge < -0.3 is 14.2 Å². The molecule has 0 radical (unpaired) electrons. The zero-order chi connectivity index (χ0) is 21.0. The molecule has 7 nitrogen and oxygen atoms in total. The summed E-state index contributed by atoms with van der Waals surface area (Å²) in [5, 5.41) is 0.735. The minimum absolute atomic E-state index is 0.204. The van der Waals surface area contributed by atoms with Crippen molar-refractivity contribution in [2.45, 2.75) is 0 Å². The van der Waals surface area contributed by atoms with Crippen LogP contribution in [0.2, 0.25) is 0 Å². The van der Waals surface area contributed by atoms with Gasteiger partial charge in [-0.15, -0.1) is 5.06 Å². The van der Waals surface area contributed by atoms with Crippen LogP contribution >= 0.6 is 0 Å². The average Bonchev–Trinajstić information content (AvgIpc) is 2.97.